The number of carbonyl (C=O) groups excluding carboxylic acids is 1. The van der Waals surface area contributed by atoms with Crippen LogP contribution in [0.15, 0.2) is 57.7 Å². The fourth-order valence-corrected chi connectivity index (χ4v) is 2.82. The van der Waals surface area contributed by atoms with Gasteiger partial charge in [-0.1, -0.05) is 25.5 Å². The van der Waals surface area contributed by atoms with E-state index in [9.17, 15) is 9.59 Å². The lowest BCUT2D eigenvalue weighted by Crippen LogP contribution is -2.09. The maximum atomic E-state index is 12.3. The lowest BCUT2D eigenvalue weighted by molar-refractivity contribution is 0.0735. The Labute approximate surface area is 151 Å². The van der Waals surface area contributed by atoms with E-state index in [2.05, 4.69) is 6.92 Å². The molecule has 134 valence electrons. The van der Waals surface area contributed by atoms with Gasteiger partial charge in [0.25, 0.3) is 0 Å². The van der Waals surface area contributed by atoms with Gasteiger partial charge in [-0.05, 0) is 41.8 Å². The third kappa shape index (κ3) is 4.00. The van der Waals surface area contributed by atoms with Gasteiger partial charge in [-0.25, -0.2) is 9.59 Å². The lowest BCUT2D eigenvalue weighted by Gasteiger charge is -2.08. The molecule has 26 heavy (non-hydrogen) atoms. The van der Waals surface area contributed by atoms with Gasteiger partial charge in [-0.2, -0.15) is 0 Å². The summed E-state index contributed by atoms with van der Waals surface area (Å²) in [6.45, 7) is 2.54. The predicted octanol–water partition coefficient (Wildman–Crippen LogP) is 4.11. The van der Waals surface area contributed by atoms with E-state index < -0.39 is 11.6 Å². The summed E-state index contributed by atoms with van der Waals surface area (Å²) in [6.07, 6.45) is 1.71. The summed E-state index contributed by atoms with van der Waals surface area (Å²) in [6, 6.07) is 13.6. The van der Waals surface area contributed by atoms with Crippen LogP contribution in [0.4, 0.5) is 0 Å². The van der Waals surface area contributed by atoms with Crippen molar-refractivity contribution in [2.24, 2.45) is 0 Å². The number of ether oxygens (including phenoxy) is 2. The van der Waals surface area contributed by atoms with Crippen LogP contribution in [0.3, 0.4) is 0 Å². The number of benzene rings is 2. The topological polar surface area (TPSA) is 65.7 Å². The van der Waals surface area contributed by atoms with Crippen LogP contribution in [0.2, 0.25) is 0 Å². The zero-order valence-electron chi connectivity index (χ0n) is 14.8. The molecule has 0 radical (unpaired) electrons. The van der Waals surface area contributed by atoms with E-state index in [1.807, 2.05) is 18.2 Å². The molecule has 0 saturated heterocycles. The molecule has 0 aliphatic carbocycles. The van der Waals surface area contributed by atoms with E-state index in [0.717, 1.165) is 29.4 Å². The van der Waals surface area contributed by atoms with Gasteiger partial charge in [-0.3, -0.25) is 0 Å². The van der Waals surface area contributed by atoms with E-state index in [-0.39, 0.29) is 0 Å². The lowest BCUT2D eigenvalue weighted by atomic mass is 10.1. The van der Waals surface area contributed by atoms with Gasteiger partial charge < -0.3 is 13.9 Å². The predicted molar refractivity (Wildman–Crippen MR) is 98.6 cm³/mol. The summed E-state index contributed by atoms with van der Waals surface area (Å²) >= 11 is 0. The molecule has 0 amide bonds. The smallest absolute Gasteiger partial charge is 0.343 e. The van der Waals surface area contributed by atoms with Crippen molar-refractivity contribution in [3.63, 3.8) is 0 Å². The number of hydrogen-bond donors (Lipinski definition) is 0. The normalized spacial score (nSPS) is 10.8. The van der Waals surface area contributed by atoms with Crippen LogP contribution >= 0.6 is 0 Å². The summed E-state index contributed by atoms with van der Waals surface area (Å²) in [7, 11) is 1.62. The molecule has 0 N–H and O–H groups in total. The van der Waals surface area contributed by atoms with Crippen molar-refractivity contribution in [1.82, 2.24) is 0 Å². The number of methoxy groups -OCH3 is 1. The van der Waals surface area contributed by atoms with Crippen molar-refractivity contribution in [2.75, 3.05) is 7.11 Å². The van der Waals surface area contributed by atoms with Crippen LogP contribution < -0.4 is 10.4 Å². The molecule has 0 atom stereocenters. The SMILES string of the molecule is CCCc1cc(=O)oc2cc(OC(=O)c3ccc(COC)cc3)ccc12. The van der Waals surface area contributed by atoms with Crippen LogP contribution in [0.25, 0.3) is 11.0 Å². The van der Waals surface area contributed by atoms with E-state index in [0.29, 0.717) is 23.5 Å². The van der Waals surface area contributed by atoms with Crippen molar-refractivity contribution in [1.29, 1.82) is 0 Å². The van der Waals surface area contributed by atoms with E-state index >= 15 is 0 Å². The summed E-state index contributed by atoms with van der Waals surface area (Å²) in [4.78, 5) is 24.0. The molecule has 0 unspecified atom stereocenters. The highest BCUT2D eigenvalue weighted by atomic mass is 16.5. The minimum absolute atomic E-state index is 0.334. The van der Waals surface area contributed by atoms with Crippen molar-refractivity contribution in [3.05, 3.63) is 75.6 Å². The van der Waals surface area contributed by atoms with Gasteiger partial charge in [0.05, 0.1) is 12.2 Å². The monoisotopic (exact) mass is 352 g/mol. The first-order valence-corrected chi connectivity index (χ1v) is 8.47. The first-order chi connectivity index (χ1) is 12.6. The number of fused-ring (bicyclic) bond motifs is 1. The molecule has 0 saturated carbocycles. The third-order valence-corrected chi connectivity index (χ3v) is 4.03. The van der Waals surface area contributed by atoms with Crippen LogP contribution in [0.5, 0.6) is 5.75 Å². The Kier molecular flexibility index (Phi) is 5.49. The molecule has 0 fully saturated rings. The number of esters is 1. The fourth-order valence-electron chi connectivity index (χ4n) is 2.82. The second kappa shape index (κ2) is 7.97. The Morgan fingerprint density at radius 3 is 2.54 bits per heavy atom. The van der Waals surface area contributed by atoms with Gasteiger partial charge in [0, 0.05) is 24.6 Å². The van der Waals surface area contributed by atoms with Gasteiger partial charge in [0.1, 0.15) is 11.3 Å². The van der Waals surface area contributed by atoms with E-state index in [1.165, 1.54) is 6.07 Å². The molecule has 3 aromatic rings. The molecule has 2 aromatic carbocycles. The second-order valence-electron chi connectivity index (χ2n) is 6.02. The summed E-state index contributed by atoms with van der Waals surface area (Å²) < 4.78 is 15.7. The molecule has 1 heterocycles. The largest absolute Gasteiger partial charge is 0.423 e. The highest BCUT2D eigenvalue weighted by Crippen LogP contribution is 2.24. The number of aryl methyl sites for hydroxylation is 1. The molecule has 0 bridgehead atoms. The van der Waals surface area contributed by atoms with Crippen molar-refractivity contribution < 1.29 is 18.7 Å². The average Bonchev–Trinajstić information content (AvgIpc) is 2.62. The Bertz CT molecular complexity index is 970. The Morgan fingerprint density at radius 2 is 1.85 bits per heavy atom. The molecular formula is C21H20O5. The van der Waals surface area contributed by atoms with E-state index in [4.69, 9.17) is 13.9 Å². The molecule has 0 spiro atoms. The van der Waals surface area contributed by atoms with Crippen LogP contribution in [-0.2, 0) is 17.8 Å². The standard InChI is InChI=1S/C21H20O5/c1-3-4-16-11-20(22)26-19-12-17(9-10-18(16)19)25-21(23)15-7-5-14(6-8-15)13-24-2/h5-12H,3-4,13H2,1-2H3. The van der Waals surface area contributed by atoms with Crippen molar-refractivity contribution >= 4 is 16.9 Å². The second-order valence-corrected chi connectivity index (χ2v) is 6.02. The molecule has 5 nitrogen and oxygen atoms in total. The Hall–Kier alpha value is -2.92. The van der Waals surface area contributed by atoms with Gasteiger partial charge >= 0.3 is 11.6 Å². The molecule has 0 aliphatic heterocycles. The molecule has 1 aromatic heterocycles. The zero-order chi connectivity index (χ0) is 18.5. The van der Waals surface area contributed by atoms with Gasteiger partial charge in [-0.15, -0.1) is 0 Å². The maximum absolute atomic E-state index is 12.3. The summed E-state index contributed by atoms with van der Waals surface area (Å²) in [5, 5.41) is 0.857. The Morgan fingerprint density at radius 1 is 1.08 bits per heavy atom. The van der Waals surface area contributed by atoms with Crippen LogP contribution in [-0.4, -0.2) is 13.1 Å². The van der Waals surface area contributed by atoms with Gasteiger partial charge in [0.15, 0.2) is 0 Å². The highest BCUT2D eigenvalue weighted by Gasteiger charge is 2.11. The maximum Gasteiger partial charge on any atom is 0.343 e. The quantitative estimate of drug-likeness (QED) is 0.379. The number of carbonyl (C=O) groups is 1. The number of rotatable bonds is 6. The van der Waals surface area contributed by atoms with Crippen molar-refractivity contribution in [2.45, 2.75) is 26.4 Å². The molecular weight excluding hydrogens is 332 g/mol. The van der Waals surface area contributed by atoms with E-state index in [1.54, 1.807) is 31.4 Å². The van der Waals surface area contributed by atoms with Crippen molar-refractivity contribution in [3.8, 4) is 5.75 Å². The highest BCUT2D eigenvalue weighted by molar-refractivity contribution is 5.91. The average molecular weight is 352 g/mol. The van der Waals surface area contributed by atoms with Gasteiger partial charge in [0.2, 0.25) is 0 Å². The first kappa shape index (κ1) is 17.9. The zero-order valence-corrected chi connectivity index (χ0v) is 14.8. The van der Waals surface area contributed by atoms with Crippen LogP contribution in [0.1, 0.15) is 34.8 Å². The molecule has 5 heteroatoms. The molecule has 0 aliphatic rings. The minimum Gasteiger partial charge on any atom is -0.423 e. The number of hydrogen-bond acceptors (Lipinski definition) is 5. The third-order valence-electron chi connectivity index (χ3n) is 4.03. The fraction of sp³-hybridized carbons (Fsp3) is 0.238. The minimum atomic E-state index is -0.472. The molecule has 3 rings (SSSR count). The summed E-state index contributed by atoms with van der Waals surface area (Å²) in [5.74, 6) is -0.138. The first-order valence-electron chi connectivity index (χ1n) is 8.47. The summed E-state index contributed by atoms with van der Waals surface area (Å²) in [5.41, 5.74) is 2.36. The van der Waals surface area contributed by atoms with Crippen LogP contribution in [0, 0.1) is 0 Å². The Balaban J connectivity index is 1.84.